The van der Waals surface area contributed by atoms with Crippen LogP contribution in [0.5, 0.6) is 0 Å². The van der Waals surface area contributed by atoms with Gasteiger partial charge in [-0.25, -0.2) is 0 Å². The first-order chi connectivity index (χ1) is 14.6. The Labute approximate surface area is 191 Å². The number of nitrogens with one attached hydrogen (secondary N) is 2. The maximum absolute atomic E-state index is 6.02. The minimum Gasteiger partial charge on any atom is -0.358 e. The molecular weight excluding hydrogens is 410 g/mol. The minimum absolute atomic E-state index is 0.446. The van der Waals surface area contributed by atoms with Gasteiger partial charge in [-0.15, -0.1) is 0 Å². The molecule has 2 aromatic carbocycles. The van der Waals surface area contributed by atoms with Gasteiger partial charge in [-0.3, -0.25) is 4.90 Å². The standard InChI is InChI=1S/C25H32ClN3S/c1-18-5-2-3-6-22(18)27-25(30)28-23-7-4-8-24(23)29-15-13-20(14-16-29)17-19-9-11-21(26)12-10-19/h2-3,5-6,9-12,20,23-24H,4,7-8,13-17H2,1H3,(H2,27,28,30). The summed E-state index contributed by atoms with van der Waals surface area (Å²) in [5, 5.41) is 8.59. The Morgan fingerprint density at radius 2 is 1.77 bits per heavy atom. The molecule has 30 heavy (non-hydrogen) atoms. The molecule has 4 rings (SSSR count). The first-order valence-electron chi connectivity index (χ1n) is 11.2. The average molecular weight is 442 g/mol. The summed E-state index contributed by atoms with van der Waals surface area (Å²) >= 11 is 11.7. The zero-order chi connectivity index (χ0) is 20.9. The Morgan fingerprint density at radius 3 is 2.50 bits per heavy atom. The largest absolute Gasteiger partial charge is 0.358 e. The van der Waals surface area contributed by atoms with Crippen molar-refractivity contribution >= 4 is 34.6 Å². The van der Waals surface area contributed by atoms with Crippen LogP contribution < -0.4 is 10.6 Å². The Morgan fingerprint density at radius 1 is 1.03 bits per heavy atom. The first-order valence-corrected chi connectivity index (χ1v) is 12.0. The fourth-order valence-electron chi connectivity index (χ4n) is 5.03. The van der Waals surface area contributed by atoms with Crippen LogP contribution in [0.25, 0.3) is 0 Å². The molecule has 2 atom stereocenters. The highest BCUT2D eigenvalue weighted by Crippen LogP contribution is 2.30. The van der Waals surface area contributed by atoms with Gasteiger partial charge in [-0.1, -0.05) is 41.9 Å². The number of anilines is 1. The van der Waals surface area contributed by atoms with Crippen molar-refractivity contribution in [3.05, 3.63) is 64.7 Å². The van der Waals surface area contributed by atoms with Crippen molar-refractivity contribution < 1.29 is 0 Å². The zero-order valence-corrected chi connectivity index (χ0v) is 19.3. The number of piperidine rings is 1. The highest BCUT2D eigenvalue weighted by atomic mass is 35.5. The summed E-state index contributed by atoms with van der Waals surface area (Å²) < 4.78 is 0. The third-order valence-corrected chi connectivity index (χ3v) is 7.22. The van der Waals surface area contributed by atoms with Gasteiger partial charge in [0.05, 0.1) is 0 Å². The van der Waals surface area contributed by atoms with Crippen LogP contribution in [0.3, 0.4) is 0 Å². The minimum atomic E-state index is 0.446. The van der Waals surface area contributed by atoms with Gasteiger partial charge < -0.3 is 10.6 Å². The molecule has 2 aromatic rings. The molecule has 0 bridgehead atoms. The smallest absolute Gasteiger partial charge is 0.171 e. The third-order valence-electron chi connectivity index (χ3n) is 6.75. The number of aryl methyl sites for hydroxylation is 1. The molecule has 1 heterocycles. The van der Waals surface area contributed by atoms with Crippen molar-refractivity contribution in [2.75, 3.05) is 18.4 Å². The normalized spacial score (nSPS) is 22.7. The van der Waals surface area contributed by atoms with E-state index >= 15 is 0 Å². The lowest BCUT2D eigenvalue weighted by atomic mass is 9.89. The predicted molar refractivity (Wildman–Crippen MR) is 131 cm³/mol. The van der Waals surface area contributed by atoms with Gasteiger partial charge in [0, 0.05) is 22.8 Å². The van der Waals surface area contributed by atoms with E-state index in [1.54, 1.807) is 0 Å². The van der Waals surface area contributed by atoms with Crippen molar-refractivity contribution in [3.63, 3.8) is 0 Å². The molecule has 1 aliphatic heterocycles. The highest BCUT2D eigenvalue weighted by molar-refractivity contribution is 7.80. The summed E-state index contributed by atoms with van der Waals surface area (Å²) in [6, 6.07) is 17.7. The van der Waals surface area contributed by atoms with E-state index < -0.39 is 0 Å². The molecule has 2 N–H and O–H groups in total. The second-order valence-corrected chi connectivity index (χ2v) is 9.67. The summed E-state index contributed by atoms with van der Waals surface area (Å²) in [5.74, 6) is 0.777. The first kappa shape index (κ1) is 21.6. The van der Waals surface area contributed by atoms with Crippen LogP contribution in [0.15, 0.2) is 48.5 Å². The van der Waals surface area contributed by atoms with Crippen LogP contribution >= 0.6 is 23.8 Å². The molecule has 2 fully saturated rings. The van der Waals surface area contributed by atoms with E-state index in [0.29, 0.717) is 12.1 Å². The van der Waals surface area contributed by atoms with E-state index in [1.807, 2.05) is 18.2 Å². The molecule has 5 heteroatoms. The summed E-state index contributed by atoms with van der Waals surface area (Å²) in [5.41, 5.74) is 3.71. The summed E-state index contributed by atoms with van der Waals surface area (Å²) in [6.45, 7) is 4.50. The van der Waals surface area contributed by atoms with Crippen LogP contribution in [0.1, 0.15) is 43.2 Å². The van der Waals surface area contributed by atoms with E-state index in [1.165, 1.54) is 62.7 Å². The van der Waals surface area contributed by atoms with E-state index in [0.717, 1.165) is 21.7 Å². The molecular formula is C25H32ClN3S. The predicted octanol–water partition coefficient (Wildman–Crippen LogP) is 5.81. The van der Waals surface area contributed by atoms with Crippen molar-refractivity contribution in [3.8, 4) is 0 Å². The number of nitrogens with zero attached hydrogens (tertiary/aromatic N) is 1. The number of thiocarbonyl (C=S) groups is 1. The van der Waals surface area contributed by atoms with Crippen molar-refractivity contribution in [2.24, 2.45) is 5.92 Å². The number of benzene rings is 2. The van der Waals surface area contributed by atoms with Crippen LogP contribution in [-0.2, 0) is 6.42 Å². The van der Waals surface area contributed by atoms with E-state index in [4.69, 9.17) is 23.8 Å². The highest BCUT2D eigenvalue weighted by Gasteiger charge is 2.34. The second kappa shape index (κ2) is 10.1. The molecule has 160 valence electrons. The number of halogens is 1. The van der Waals surface area contributed by atoms with Crippen LogP contribution in [0.4, 0.5) is 5.69 Å². The Kier molecular flexibility index (Phi) is 7.29. The lowest BCUT2D eigenvalue weighted by Gasteiger charge is -2.39. The van der Waals surface area contributed by atoms with Gasteiger partial charge in [0.15, 0.2) is 5.11 Å². The van der Waals surface area contributed by atoms with Gasteiger partial charge in [0.2, 0.25) is 0 Å². The molecule has 0 amide bonds. The van der Waals surface area contributed by atoms with Crippen LogP contribution in [0, 0.1) is 12.8 Å². The maximum Gasteiger partial charge on any atom is 0.171 e. The number of hydrogen-bond acceptors (Lipinski definition) is 2. The molecule has 1 saturated heterocycles. The fourth-order valence-corrected chi connectivity index (χ4v) is 5.42. The molecule has 1 aliphatic carbocycles. The van der Waals surface area contributed by atoms with Gasteiger partial charge in [-0.2, -0.15) is 0 Å². The third kappa shape index (κ3) is 5.54. The quantitative estimate of drug-likeness (QED) is 0.572. The van der Waals surface area contributed by atoms with Gasteiger partial charge in [-0.05, 0) is 106 Å². The molecule has 2 unspecified atom stereocenters. The lowest BCUT2D eigenvalue weighted by molar-refractivity contribution is 0.122. The Balaban J connectivity index is 1.27. The average Bonchev–Trinajstić information content (AvgIpc) is 3.20. The van der Waals surface area contributed by atoms with Crippen molar-refractivity contribution in [2.45, 2.75) is 57.5 Å². The topological polar surface area (TPSA) is 27.3 Å². The van der Waals surface area contributed by atoms with Crippen molar-refractivity contribution in [1.82, 2.24) is 10.2 Å². The molecule has 0 spiro atoms. The summed E-state index contributed by atoms with van der Waals surface area (Å²) in [4.78, 5) is 2.71. The summed E-state index contributed by atoms with van der Waals surface area (Å²) in [7, 11) is 0. The maximum atomic E-state index is 6.02. The molecule has 3 nitrogen and oxygen atoms in total. The van der Waals surface area contributed by atoms with Crippen LogP contribution in [0.2, 0.25) is 5.02 Å². The number of rotatable bonds is 5. The second-order valence-electron chi connectivity index (χ2n) is 8.83. The van der Waals surface area contributed by atoms with Gasteiger partial charge >= 0.3 is 0 Å². The monoisotopic (exact) mass is 441 g/mol. The Bertz CT molecular complexity index is 846. The molecule has 1 saturated carbocycles. The van der Waals surface area contributed by atoms with Crippen molar-refractivity contribution in [1.29, 1.82) is 0 Å². The number of hydrogen-bond donors (Lipinski definition) is 2. The lowest BCUT2D eigenvalue weighted by Crippen LogP contribution is -2.51. The SMILES string of the molecule is Cc1ccccc1NC(=S)NC1CCCC1N1CCC(Cc2ccc(Cl)cc2)CC1. The molecule has 0 radical (unpaired) electrons. The van der Waals surface area contributed by atoms with Gasteiger partial charge in [0.25, 0.3) is 0 Å². The zero-order valence-electron chi connectivity index (χ0n) is 17.7. The molecule has 2 aliphatic rings. The van der Waals surface area contributed by atoms with Gasteiger partial charge in [0.1, 0.15) is 0 Å². The van der Waals surface area contributed by atoms with E-state index in [2.05, 4.69) is 52.8 Å². The van der Waals surface area contributed by atoms with E-state index in [-0.39, 0.29) is 0 Å². The fraction of sp³-hybridized carbons (Fsp3) is 0.480. The Hall–Kier alpha value is -1.62. The van der Waals surface area contributed by atoms with E-state index in [9.17, 15) is 0 Å². The van der Waals surface area contributed by atoms with Crippen LogP contribution in [-0.4, -0.2) is 35.2 Å². The number of likely N-dealkylation sites (tertiary alicyclic amines) is 1. The molecule has 0 aromatic heterocycles. The number of para-hydroxylation sites is 1. The summed E-state index contributed by atoms with van der Waals surface area (Å²) in [6.07, 6.45) is 7.47.